The van der Waals surface area contributed by atoms with Crippen molar-refractivity contribution in [1.29, 1.82) is 0 Å². The van der Waals surface area contributed by atoms with E-state index in [0.29, 0.717) is 5.56 Å². The van der Waals surface area contributed by atoms with Crippen molar-refractivity contribution in [3.8, 4) is 0 Å². The van der Waals surface area contributed by atoms with E-state index >= 15 is 0 Å². The van der Waals surface area contributed by atoms with Crippen LogP contribution in [0, 0.1) is 0 Å². The van der Waals surface area contributed by atoms with E-state index in [4.69, 9.17) is 0 Å². The number of rotatable bonds is 8. The summed E-state index contributed by atoms with van der Waals surface area (Å²) in [6.45, 7) is -2.41. The largest absolute Gasteiger partial charge is 0.452 e. The highest BCUT2D eigenvalue weighted by molar-refractivity contribution is 7.95. The fourth-order valence-electron chi connectivity index (χ4n) is 2.07. The first-order valence-electron chi connectivity index (χ1n) is 8.41. The van der Waals surface area contributed by atoms with Crippen LogP contribution in [0.15, 0.2) is 60.0 Å². The van der Waals surface area contributed by atoms with Gasteiger partial charge in [0.25, 0.3) is 15.9 Å². The number of esters is 1. The van der Waals surface area contributed by atoms with E-state index in [1.165, 1.54) is 30.3 Å². The lowest BCUT2D eigenvalue weighted by Gasteiger charge is -2.09. The summed E-state index contributed by atoms with van der Waals surface area (Å²) in [5.41, 5.74) is 0.855. The standard InChI is InChI=1S/C19H17F3N2O5S/c20-19(21,22)13-23-17(25)12-29-18(26)15-6-8-16(9-7-15)24-30(27,28)11-10-14-4-2-1-3-5-14/h1-11,24H,12-13H2,(H,23,25)/b11-10+. The van der Waals surface area contributed by atoms with Gasteiger partial charge in [-0.3, -0.25) is 9.52 Å². The Balaban J connectivity index is 1.88. The molecule has 7 nitrogen and oxygen atoms in total. The van der Waals surface area contributed by atoms with E-state index in [1.807, 2.05) is 0 Å². The SMILES string of the molecule is O=C(COC(=O)c1ccc(NS(=O)(=O)/C=C/c2ccccc2)cc1)NCC(F)(F)F. The van der Waals surface area contributed by atoms with Crippen LogP contribution in [-0.2, 0) is 19.6 Å². The molecule has 0 saturated carbocycles. The molecule has 2 aromatic rings. The van der Waals surface area contributed by atoms with Crippen molar-refractivity contribution in [1.82, 2.24) is 5.32 Å². The summed E-state index contributed by atoms with van der Waals surface area (Å²) in [5, 5.41) is 2.55. The Bertz CT molecular complexity index is 1000. The van der Waals surface area contributed by atoms with Crippen molar-refractivity contribution < 1.29 is 35.9 Å². The molecule has 0 atom stereocenters. The highest BCUT2D eigenvalue weighted by Crippen LogP contribution is 2.14. The Hall–Kier alpha value is -3.34. The van der Waals surface area contributed by atoms with Crippen LogP contribution in [0.3, 0.4) is 0 Å². The van der Waals surface area contributed by atoms with Gasteiger partial charge in [-0.05, 0) is 35.9 Å². The van der Waals surface area contributed by atoms with Crippen LogP contribution in [0.25, 0.3) is 6.08 Å². The van der Waals surface area contributed by atoms with Crippen molar-refractivity contribution >= 4 is 33.7 Å². The number of halogens is 3. The number of amides is 1. The summed E-state index contributed by atoms with van der Waals surface area (Å²) in [4.78, 5) is 23.1. The molecule has 0 spiro atoms. The van der Waals surface area contributed by atoms with E-state index in [-0.39, 0.29) is 11.3 Å². The topological polar surface area (TPSA) is 102 Å². The minimum atomic E-state index is -4.57. The Morgan fingerprint density at radius 3 is 2.23 bits per heavy atom. The number of hydrogen-bond acceptors (Lipinski definition) is 5. The maximum absolute atomic E-state index is 12.1. The lowest BCUT2D eigenvalue weighted by atomic mass is 10.2. The normalized spacial score (nSPS) is 11.8. The van der Waals surface area contributed by atoms with Crippen LogP contribution in [0.1, 0.15) is 15.9 Å². The predicted octanol–water partition coefficient (Wildman–Crippen LogP) is 2.93. The molecule has 0 aromatic heterocycles. The number of carbonyl (C=O) groups is 2. The van der Waals surface area contributed by atoms with E-state index in [9.17, 15) is 31.2 Å². The molecule has 0 saturated heterocycles. The van der Waals surface area contributed by atoms with Crippen molar-refractivity contribution in [3.05, 3.63) is 71.1 Å². The number of ether oxygens (including phenoxy) is 1. The van der Waals surface area contributed by atoms with Gasteiger partial charge in [-0.15, -0.1) is 0 Å². The average Bonchev–Trinajstić information content (AvgIpc) is 2.69. The molecule has 2 rings (SSSR count). The number of benzene rings is 2. The Labute approximate surface area is 170 Å². The molecular weight excluding hydrogens is 425 g/mol. The van der Waals surface area contributed by atoms with Gasteiger partial charge in [-0.1, -0.05) is 30.3 Å². The molecule has 0 unspecified atom stereocenters. The molecule has 160 valence electrons. The zero-order valence-electron chi connectivity index (χ0n) is 15.3. The number of hydrogen-bond donors (Lipinski definition) is 2. The Kier molecular flexibility index (Phi) is 7.59. The van der Waals surface area contributed by atoms with Gasteiger partial charge in [0.05, 0.1) is 11.0 Å². The van der Waals surface area contributed by atoms with Crippen molar-refractivity contribution in [2.24, 2.45) is 0 Å². The fourth-order valence-corrected chi connectivity index (χ4v) is 2.94. The van der Waals surface area contributed by atoms with Gasteiger partial charge in [-0.2, -0.15) is 13.2 Å². The van der Waals surface area contributed by atoms with Gasteiger partial charge in [0, 0.05) is 5.69 Å². The number of anilines is 1. The summed E-state index contributed by atoms with van der Waals surface area (Å²) < 4.78 is 67.1. The van der Waals surface area contributed by atoms with Crippen LogP contribution >= 0.6 is 0 Å². The number of sulfonamides is 1. The van der Waals surface area contributed by atoms with E-state index in [1.54, 1.807) is 35.6 Å². The van der Waals surface area contributed by atoms with Gasteiger partial charge in [-0.25, -0.2) is 13.2 Å². The summed E-state index contributed by atoms with van der Waals surface area (Å²) in [7, 11) is -3.80. The third-order valence-corrected chi connectivity index (χ3v) is 4.45. The number of carbonyl (C=O) groups excluding carboxylic acids is 2. The van der Waals surface area contributed by atoms with Gasteiger partial charge in [0.2, 0.25) is 0 Å². The van der Waals surface area contributed by atoms with Gasteiger partial charge in [0.1, 0.15) is 6.54 Å². The molecule has 0 heterocycles. The highest BCUT2D eigenvalue weighted by atomic mass is 32.2. The first kappa shape index (κ1) is 22.9. The van der Waals surface area contributed by atoms with Crippen molar-refractivity contribution in [2.45, 2.75) is 6.18 Å². The first-order valence-corrected chi connectivity index (χ1v) is 9.95. The predicted molar refractivity (Wildman–Crippen MR) is 104 cm³/mol. The summed E-state index contributed by atoms with van der Waals surface area (Å²) in [5.74, 6) is -2.05. The van der Waals surface area contributed by atoms with Crippen LogP contribution in [-0.4, -0.2) is 39.6 Å². The monoisotopic (exact) mass is 442 g/mol. The molecule has 0 aliphatic carbocycles. The minimum Gasteiger partial charge on any atom is -0.452 e. The van der Waals surface area contributed by atoms with Gasteiger partial charge >= 0.3 is 12.1 Å². The third kappa shape index (κ3) is 8.35. The van der Waals surface area contributed by atoms with Gasteiger partial charge < -0.3 is 10.1 Å². The number of nitrogens with one attached hydrogen (secondary N) is 2. The van der Waals surface area contributed by atoms with E-state index in [0.717, 1.165) is 5.41 Å². The second-order valence-corrected chi connectivity index (χ2v) is 7.47. The molecule has 11 heteroatoms. The molecule has 1 amide bonds. The lowest BCUT2D eigenvalue weighted by molar-refractivity contribution is -0.140. The first-order chi connectivity index (χ1) is 14.0. The second-order valence-electron chi connectivity index (χ2n) is 5.91. The number of alkyl halides is 3. The average molecular weight is 442 g/mol. The summed E-state index contributed by atoms with van der Waals surface area (Å²) >= 11 is 0. The molecule has 2 N–H and O–H groups in total. The zero-order chi connectivity index (χ0) is 22.2. The quantitative estimate of drug-likeness (QED) is 0.612. The Morgan fingerprint density at radius 2 is 1.63 bits per heavy atom. The van der Waals surface area contributed by atoms with E-state index in [2.05, 4.69) is 9.46 Å². The van der Waals surface area contributed by atoms with Crippen LogP contribution in [0.2, 0.25) is 0 Å². The van der Waals surface area contributed by atoms with Crippen molar-refractivity contribution in [2.75, 3.05) is 17.9 Å². The smallest absolute Gasteiger partial charge is 0.405 e. The summed E-state index contributed by atoms with van der Waals surface area (Å²) in [6.07, 6.45) is -3.16. The molecule has 30 heavy (non-hydrogen) atoms. The van der Waals surface area contributed by atoms with Crippen LogP contribution in [0.4, 0.5) is 18.9 Å². The lowest BCUT2D eigenvalue weighted by Crippen LogP contribution is -2.36. The molecule has 0 radical (unpaired) electrons. The third-order valence-electron chi connectivity index (χ3n) is 3.44. The van der Waals surface area contributed by atoms with E-state index < -0.39 is 41.2 Å². The van der Waals surface area contributed by atoms with Crippen LogP contribution < -0.4 is 10.0 Å². The minimum absolute atomic E-state index is 0.0126. The Morgan fingerprint density at radius 1 is 1.00 bits per heavy atom. The maximum Gasteiger partial charge on any atom is 0.405 e. The highest BCUT2D eigenvalue weighted by Gasteiger charge is 2.27. The summed E-state index contributed by atoms with van der Waals surface area (Å²) in [6, 6.07) is 13.9. The molecular formula is C19H17F3N2O5S. The molecule has 0 fully saturated rings. The maximum atomic E-state index is 12.1. The molecule has 0 aliphatic heterocycles. The molecule has 0 aliphatic rings. The second kappa shape index (κ2) is 9.92. The zero-order valence-corrected chi connectivity index (χ0v) is 16.2. The molecule has 2 aromatic carbocycles. The van der Waals surface area contributed by atoms with Gasteiger partial charge in [0.15, 0.2) is 6.61 Å². The molecule has 0 bridgehead atoms. The van der Waals surface area contributed by atoms with Crippen molar-refractivity contribution in [3.63, 3.8) is 0 Å². The fraction of sp³-hybridized carbons (Fsp3) is 0.158. The van der Waals surface area contributed by atoms with Crippen LogP contribution in [0.5, 0.6) is 0 Å².